The van der Waals surface area contributed by atoms with E-state index in [2.05, 4.69) is 0 Å². The molecule has 0 atom stereocenters. The summed E-state index contributed by atoms with van der Waals surface area (Å²) in [5.74, 6) is -1.18. The fraction of sp³-hybridized carbons (Fsp3) is 0.300. The highest BCUT2D eigenvalue weighted by atomic mass is 32.2. The molecule has 0 saturated heterocycles. The van der Waals surface area contributed by atoms with Crippen LogP contribution < -0.4 is 0 Å². The van der Waals surface area contributed by atoms with Gasteiger partial charge in [-0.2, -0.15) is 0 Å². The maximum Gasteiger partial charge on any atom is 0.342 e. The molecule has 1 N–H and O–H groups in total. The zero-order chi connectivity index (χ0) is 14.6. The minimum atomic E-state index is -3.09. The maximum atomic E-state index is 10.9. The fourth-order valence-corrected chi connectivity index (χ4v) is 3.39. The zero-order valence-electron chi connectivity index (χ0n) is 9.90. The number of hydrogen-bond acceptors (Lipinski definition) is 6. The van der Waals surface area contributed by atoms with Gasteiger partial charge < -0.3 is 5.11 Å². The number of thioether (sulfide) groups is 1. The van der Waals surface area contributed by atoms with Crippen molar-refractivity contribution in [1.29, 1.82) is 0 Å². The first kappa shape index (κ1) is 15.4. The van der Waals surface area contributed by atoms with Crippen LogP contribution >= 0.6 is 11.8 Å². The highest BCUT2D eigenvalue weighted by molar-refractivity contribution is 8.00. The number of sulfone groups is 1. The van der Waals surface area contributed by atoms with E-state index in [0.717, 1.165) is 24.1 Å². The molecule has 0 bridgehead atoms. The Balaban J connectivity index is 2.90. The largest absolute Gasteiger partial charge is 0.477 e. The van der Waals surface area contributed by atoms with Gasteiger partial charge in [0.2, 0.25) is 0 Å². The van der Waals surface area contributed by atoms with Crippen LogP contribution in [0.3, 0.4) is 0 Å². The van der Waals surface area contributed by atoms with Crippen LogP contribution in [-0.2, 0) is 9.84 Å². The molecule has 1 aromatic rings. The SMILES string of the molecule is CS(=O)(=O)CCSc1ccc([N+](=O)[O-])c(C(=O)O)c1. The predicted octanol–water partition coefficient (Wildman–Crippen LogP) is 1.43. The molecule has 0 radical (unpaired) electrons. The van der Waals surface area contributed by atoms with Crippen LogP contribution in [0.1, 0.15) is 10.4 Å². The maximum absolute atomic E-state index is 10.9. The number of nitrogens with zero attached hydrogens (tertiary/aromatic N) is 1. The van der Waals surface area contributed by atoms with Gasteiger partial charge in [0.05, 0.1) is 10.7 Å². The molecule has 0 aliphatic carbocycles. The second-order valence-electron chi connectivity index (χ2n) is 3.72. The van der Waals surface area contributed by atoms with E-state index in [1.807, 2.05) is 0 Å². The fourth-order valence-electron chi connectivity index (χ4n) is 1.25. The van der Waals surface area contributed by atoms with Crippen LogP contribution in [-0.4, -0.2) is 42.2 Å². The molecule has 1 aromatic carbocycles. The predicted molar refractivity (Wildman–Crippen MR) is 70.5 cm³/mol. The molecule has 104 valence electrons. The molecule has 0 fully saturated rings. The molecule has 0 heterocycles. The second-order valence-corrected chi connectivity index (χ2v) is 7.15. The molecule has 0 spiro atoms. The second kappa shape index (κ2) is 6.02. The van der Waals surface area contributed by atoms with Gasteiger partial charge in [0, 0.05) is 23.0 Å². The quantitative estimate of drug-likeness (QED) is 0.480. The monoisotopic (exact) mass is 305 g/mol. The Morgan fingerprint density at radius 2 is 2.11 bits per heavy atom. The van der Waals surface area contributed by atoms with E-state index < -0.39 is 32.0 Å². The van der Waals surface area contributed by atoms with Gasteiger partial charge in [0.15, 0.2) is 0 Å². The van der Waals surface area contributed by atoms with Gasteiger partial charge in [0.25, 0.3) is 5.69 Å². The van der Waals surface area contributed by atoms with Gasteiger partial charge in [-0.3, -0.25) is 10.1 Å². The molecule has 7 nitrogen and oxygen atoms in total. The average molecular weight is 305 g/mol. The highest BCUT2D eigenvalue weighted by Gasteiger charge is 2.20. The van der Waals surface area contributed by atoms with Crippen LogP contribution in [0.4, 0.5) is 5.69 Å². The third-order valence-corrected chi connectivity index (χ3v) is 4.32. The van der Waals surface area contributed by atoms with Crippen LogP contribution in [0.25, 0.3) is 0 Å². The van der Waals surface area contributed by atoms with Crippen LogP contribution in [0, 0.1) is 10.1 Å². The summed E-state index contributed by atoms with van der Waals surface area (Å²) in [4.78, 5) is 21.2. The summed E-state index contributed by atoms with van der Waals surface area (Å²) in [6.45, 7) is 0. The van der Waals surface area contributed by atoms with Crippen LogP contribution in [0.5, 0.6) is 0 Å². The van der Waals surface area contributed by atoms with E-state index in [1.165, 1.54) is 12.1 Å². The van der Waals surface area contributed by atoms with E-state index in [-0.39, 0.29) is 11.5 Å². The summed E-state index contributed by atoms with van der Waals surface area (Å²) in [5.41, 5.74) is -0.894. The van der Waals surface area contributed by atoms with Gasteiger partial charge in [-0.1, -0.05) is 0 Å². The minimum absolute atomic E-state index is 0.0446. The van der Waals surface area contributed by atoms with Crippen molar-refractivity contribution in [2.45, 2.75) is 4.90 Å². The first-order valence-corrected chi connectivity index (χ1v) is 8.07. The number of rotatable bonds is 6. The summed E-state index contributed by atoms with van der Waals surface area (Å²) >= 11 is 1.13. The molecule has 0 aromatic heterocycles. The number of hydrogen-bond donors (Lipinski definition) is 1. The van der Waals surface area contributed by atoms with E-state index >= 15 is 0 Å². The summed E-state index contributed by atoms with van der Waals surface area (Å²) in [5, 5.41) is 19.5. The Hall–Kier alpha value is -1.61. The highest BCUT2D eigenvalue weighted by Crippen LogP contribution is 2.26. The Bertz CT molecular complexity index is 610. The standard InChI is InChI=1S/C10H11NO6S2/c1-19(16,17)5-4-18-7-2-3-9(11(14)15)8(6-7)10(12)13/h2-3,6H,4-5H2,1H3,(H,12,13). The van der Waals surface area contributed by atoms with Crippen LogP contribution in [0.15, 0.2) is 23.1 Å². The van der Waals surface area contributed by atoms with Crippen molar-refractivity contribution in [1.82, 2.24) is 0 Å². The molecule has 0 unspecified atom stereocenters. The lowest BCUT2D eigenvalue weighted by Crippen LogP contribution is -2.05. The van der Waals surface area contributed by atoms with Gasteiger partial charge in [-0.05, 0) is 12.1 Å². The lowest BCUT2D eigenvalue weighted by molar-refractivity contribution is -0.385. The van der Waals surface area contributed by atoms with Gasteiger partial charge in [0.1, 0.15) is 15.4 Å². The van der Waals surface area contributed by atoms with E-state index in [9.17, 15) is 23.3 Å². The number of carboxylic acid groups (broad SMARTS) is 1. The molecule has 19 heavy (non-hydrogen) atoms. The number of carbonyl (C=O) groups is 1. The summed E-state index contributed by atoms with van der Waals surface area (Å²) in [7, 11) is -3.09. The average Bonchev–Trinajstić information content (AvgIpc) is 2.26. The molecular weight excluding hydrogens is 294 g/mol. The zero-order valence-corrected chi connectivity index (χ0v) is 11.5. The van der Waals surface area contributed by atoms with Gasteiger partial charge in [-0.15, -0.1) is 11.8 Å². The lowest BCUT2D eigenvalue weighted by atomic mass is 10.2. The Morgan fingerprint density at radius 1 is 1.47 bits per heavy atom. The molecule has 9 heteroatoms. The van der Waals surface area contributed by atoms with Crippen molar-refractivity contribution in [3.63, 3.8) is 0 Å². The summed E-state index contributed by atoms with van der Waals surface area (Å²) < 4.78 is 21.9. The van der Waals surface area contributed by atoms with E-state index in [4.69, 9.17) is 5.11 Å². The van der Waals surface area contributed by atoms with Crippen molar-refractivity contribution in [2.75, 3.05) is 17.8 Å². The number of benzene rings is 1. The number of carboxylic acids is 1. The van der Waals surface area contributed by atoms with Crippen molar-refractivity contribution < 1.29 is 23.2 Å². The van der Waals surface area contributed by atoms with Gasteiger partial charge >= 0.3 is 5.97 Å². The molecule has 0 amide bonds. The van der Waals surface area contributed by atoms with Crippen molar-refractivity contribution in [3.8, 4) is 0 Å². The summed E-state index contributed by atoms with van der Waals surface area (Å²) in [6.07, 6.45) is 1.10. The van der Waals surface area contributed by atoms with Crippen molar-refractivity contribution in [2.24, 2.45) is 0 Å². The van der Waals surface area contributed by atoms with Crippen molar-refractivity contribution in [3.05, 3.63) is 33.9 Å². The Kier molecular flexibility index (Phi) is 4.90. The third kappa shape index (κ3) is 4.87. The van der Waals surface area contributed by atoms with E-state index in [0.29, 0.717) is 4.90 Å². The molecule has 0 aliphatic heterocycles. The van der Waals surface area contributed by atoms with E-state index in [1.54, 1.807) is 0 Å². The lowest BCUT2D eigenvalue weighted by Gasteiger charge is -2.03. The van der Waals surface area contributed by atoms with Crippen molar-refractivity contribution >= 4 is 33.3 Å². The molecule has 0 aliphatic rings. The molecule has 0 saturated carbocycles. The Labute approximate surface area is 113 Å². The number of aromatic carboxylic acids is 1. The summed E-state index contributed by atoms with van der Waals surface area (Å²) in [6, 6.07) is 3.68. The normalized spacial score (nSPS) is 11.2. The number of nitro benzene ring substituents is 1. The first-order chi connectivity index (χ1) is 8.70. The molecule has 1 rings (SSSR count). The number of nitro groups is 1. The first-order valence-electron chi connectivity index (χ1n) is 5.03. The smallest absolute Gasteiger partial charge is 0.342 e. The third-order valence-electron chi connectivity index (χ3n) is 2.12. The topological polar surface area (TPSA) is 115 Å². The van der Waals surface area contributed by atoms with Crippen LogP contribution in [0.2, 0.25) is 0 Å². The van der Waals surface area contributed by atoms with Gasteiger partial charge in [-0.25, -0.2) is 13.2 Å². The minimum Gasteiger partial charge on any atom is -0.477 e. The Morgan fingerprint density at radius 3 is 2.58 bits per heavy atom. The molecular formula is C10H11NO6S2.